The first-order valence-electron chi connectivity index (χ1n) is 7.03. The maximum Gasteiger partial charge on any atom is 0.223 e. The number of carbonyl (C=O) groups excluding carboxylic acids is 1. The van der Waals surface area contributed by atoms with E-state index in [9.17, 15) is 13.6 Å². The summed E-state index contributed by atoms with van der Waals surface area (Å²) in [6, 6.07) is 3.36. The van der Waals surface area contributed by atoms with Gasteiger partial charge in [0, 0.05) is 12.5 Å². The molecule has 1 fully saturated rings. The van der Waals surface area contributed by atoms with Crippen LogP contribution in [0.5, 0.6) is 0 Å². The number of nitrogens with two attached hydrogens (primary N) is 1. The Hall–Kier alpha value is -1.49. The van der Waals surface area contributed by atoms with Gasteiger partial charge in [0.1, 0.15) is 11.6 Å². The lowest BCUT2D eigenvalue weighted by Gasteiger charge is -2.17. The van der Waals surface area contributed by atoms with Crippen LogP contribution in [0.25, 0.3) is 0 Å². The van der Waals surface area contributed by atoms with Gasteiger partial charge in [0.15, 0.2) is 0 Å². The molecular weight excluding hydrogens is 262 g/mol. The molecule has 2 atom stereocenters. The van der Waals surface area contributed by atoms with E-state index >= 15 is 0 Å². The third-order valence-electron chi connectivity index (χ3n) is 4.00. The standard InChI is InChI=1S/C15H20F2N2O/c16-12-4-5-14(17)10(8-12)6-7-19-15(20)13-3-1-2-11(13)9-18/h4-5,8,11,13H,1-3,6-7,9,18H2,(H,19,20)/t11-,13-/m1/s1. The van der Waals surface area contributed by atoms with Gasteiger partial charge in [-0.1, -0.05) is 6.42 Å². The first-order chi connectivity index (χ1) is 9.61. The summed E-state index contributed by atoms with van der Waals surface area (Å²) in [7, 11) is 0. The minimum absolute atomic E-state index is 0.0187. The SMILES string of the molecule is NC[C@H]1CCC[C@H]1C(=O)NCCc1cc(F)ccc1F. The second kappa shape index (κ2) is 6.79. The maximum atomic E-state index is 13.4. The molecule has 1 aromatic rings. The first-order valence-corrected chi connectivity index (χ1v) is 7.03. The highest BCUT2D eigenvalue weighted by Gasteiger charge is 2.31. The topological polar surface area (TPSA) is 55.1 Å². The maximum absolute atomic E-state index is 13.4. The zero-order chi connectivity index (χ0) is 14.5. The van der Waals surface area contributed by atoms with E-state index in [1.54, 1.807) is 0 Å². The molecule has 0 radical (unpaired) electrons. The fourth-order valence-electron chi connectivity index (χ4n) is 2.85. The van der Waals surface area contributed by atoms with E-state index < -0.39 is 11.6 Å². The highest BCUT2D eigenvalue weighted by Crippen LogP contribution is 2.30. The molecule has 20 heavy (non-hydrogen) atoms. The van der Waals surface area contributed by atoms with Crippen LogP contribution in [0.2, 0.25) is 0 Å². The van der Waals surface area contributed by atoms with Gasteiger partial charge >= 0.3 is 0 Å². The van der Waals surface area contributed by atoms with Crippen molar-refractivity contribution in [2.75, 3.05) is 13.1 Å². The summed E-state index contributed by atoms with van der Waals surface area (Å²) >= 11 is 0. The van der Waals surface area contributed by atoms with E-state index in [1.165, 1.54) is 6.07 Å². The van der Waals surface area contributed by atoms with Crippen molar-refractivity contribution in [3.8, 4) is 0 Å². The van der Waals surface area contributed by atoms with Crippen molar-refractivity contribution >= 4 is 5.91 Å². The predicted molar refractivity (Wildman–Crippen MR) is 73.0 cm³/mol. The van der Waals surface area contributed by atoms with Crippen molar-refractivity contribution in [3.05, 3.63) is 35.4 Å². The van der Waals surface area contributed by atoms with Crippen LogP contribution in [0.1, 0.15) is 24.8 Å². The Kier molecular flexibility index (Phi) is 5.06. The number of halogens is 2. The molecule has 1 aromatic carbocycles. The zero-order valence-corrected chi connectivity index (χ0v) is 11.4. The Morgan fingerprint density at radius 1 is 1.35 bits per heavy atom. The second-order valence-electron chi connectivity index (χ2n) is 5.31. The van der Waals surface area contributed by atoms with Gasteiger partial charge in [-0.25, -0.2) is 8.78 Å². The number of hydrogen-bond acceptors (Lipinski definition) is 2. The highest BCUT2D eigenvalue weighted by molar-refractivity contribution is 5.79. The van der Waals surface area contributed by atoms with E-state index in [4.69, 9.17) is 5.73 Å². The van der Waals surface area contributed by atoms with Crippen LogP contribution in [0, 0.1) is 23.5 Å². The predicted octanol–water partition coefficient (Wildman–Crippen LogP) is 2.00. The molecule has 2 rings (SSSR count). The monoisotopic (exact) mass is 282 g/mol. The molecule has 0 spiro atoms. The lowest BCUT2D eigenvalue weighted by atomic mass is 9.95. The Balaban J connectivity index is 1.83. The first kappa shape index (κ1) is 14.9. The number of rotatable bonds is 5. The van der Waals surface area contributed by atoms with E-state index in [0.29, 0.717) is 13.1 Å². The van der Waals surface area contributed by atoms with Crippen LogP contribution >= 0.6 is 0 Å². The van der Waals surface area contributed by atoms with E-state index in [1.807, 2.05) is 0 Å². The van der Waals surface area contributed by atoms with Crippen molar-refractivity contribution in [3.63, 3.8) is 0 Å². The highest BCUT2D eigenvalue weighted by atomic mass is 19.1. The van der Waals surface area contributed by atoms with Gasteiger partial charge in [-0.2, -0.15) is 0 Å². The molecule has 3 N–H and O–H groups in total. The summed E-state index contributed by atoms with van der Waals surface area (Å²) in [6.07, 6.45) is 3.17. The Morgan fingerprint density at radius 2 is 2.15 bits per heavy atom. The fourth-order valence-corrected chi connectivity index (χ4v) is 2.85. The summed E-state index contributed by atoms with van der Waals surface area (Å²) in [5.41, 5.74) is 5.93. The average Bonchev–Trinajstić information content (AvgIpc) is 2.91. The Labute approximate surface area is 117 Å². The minimum atomic E-state index is -0.466. The van der Waals surface area contributed by atoms with Gasteiger partial charge in [-0.3, -0.25) is 4.79 Å². The molecule has 110 valence electrons. The Bertz CT molecular complexity index is 479. The minimum Gasteiger partial charge on any atom is -0.356 e. The summed E-state index contributed by atoms with van der Waals surface area (Å²) in [5, 5.41) is 2.80. The van der Waals surface area contributed by atoms with Crippen molar-refractivity contribution in [2.24, 2.45) is 17.6 Å². The molecular formula is C15H20F2N2O. The number of hydrogen-bond donors (Lipinski definition) is 2. The van der Waals surface area contributed by atoms with Crippen LogP contribution in [-0.4, -0.2) is 19.0 Å². The molecule has 1 amide bonds. The van der Waals surface area contributed by atoms with Crippen molar-refractivity contribution in [2.45, 2.75) is 25.7 Å². The molecule has 1 aliphatic carbocycles. The zero-order valence-electron chi connectivity index (χ0n) is 11.4. The molecule has 0 heterocycles. The van der Waals surface area contributed by atoms with E-state index in [2.05, 4.69) is 5.32 Å². The molecule has 1 aliphatic rings. The normalized spacial score (nSPS) is 21.9. The third-order valence-corrected chi connectivity index (χ3v) is 4.00. The number of carbonyl (C=O) groups is 1. The number of benzene rings is 1. The average molecular weight is 282 g/mol. The number of amides is 1. The van der Waals surface area contributed by atoms with Gasteiger partial charge in [0.25, 0.3) is 0 Å². The van der Waals surface area contributed by atoms with Gasteiger partial charge in [-0.15, -0.1) is 0 Å². The lowest BCUT2D eigenvalue weighted by molar-refractivity contribution is -0.125. The molecule has 0 aliphatic heterocycles. The number of nitrogens with one attached hydrogen (secondary N) is 1. The van der Waals surface area contributed by atoms with Crippen molar-refractivity contribution < 1.29 is 13.6 Å². The summed E-state index contributed by atoms with van der Waals surface area (Å²) in [6.45, 7) is 0.837. The largest absolute Gasteiger partial charge is 0.356 e. The van der Waals surface area contributed by atoms with E-state index in [0.717, 1.165) is 31.4 Å². The van der Waals surface area contributed by atoms with Crippen LogP contribution < -0.4 is 11.1 Å². The quantitative estimate of drug-likeness (QED) is 0.868. The van der Waals surface area contributed by atoms with Crippen LogP contribution in [-0.2, 0) is 11.2 Å². The summed E-state index contributed by atoms with van der Waals surface area (Å²) in [5.74, 6) is -0.707. The molecule has 0 unspecified atom stereocenters. The smallest absolute Gasteiger partial charge is 0.223 e. The molecule has 3 nitrogen and oxygen atoms in total. The van der Waals surface area contributed by atoms with Crippen LogP contribution in [0.15, 0.2) is 18.2 Å². The summed E-state index contributed by atoms with van der Waals surface area (Å²) in [4.78, 5) is 12.0. The Morgan fingerprint density at radius 3 is 2.90 bits per heavy atom. The fraction of sp³-hybridized carbons (Fsp3) is 0.533. The third kappa shape index (κ3) is 3.54. The van der Waals surface area contributed by atoms with Gasteiger partial charge in [0.05, 0.1) is 0 Å². The van der Waals surface area contributed by atoms with Gasteiger partial charge in [-0.05, 0) is 55.5 Å². The molecule has 0 saturated heterocycles. The molecule has 0 bridgehead atoms. The lowest BCUT2D eigenvalue weighted by Crippen LogP contribution is -2.36. The molecule has 5 heteroatoms. The van der Waals surface area contributed by atoms with Gasteiger partial charge in [0.2, 0.25) is 5.91 Å². The van der Waals surface area contributed by atoms with Crippen LogP contribution in [0.3, 0.4) is 0 Å². The van der Waals surface area contributed by atoms with E-state index in [-0.39, 0.29) is 29.7 Å². The van der Waals surface area contributed by atoms with Gasteiger partial charge < -0.3 is 11.1 Å². The van der Waals surface area contributed by atoms with Crippen LogP contribution in [0.4, 0.5) is 8.78 Å². The summed E-state index contributed by atoms with van der Waals surface area (Å²) < 4.78 is 26.4. The molecule has 1 saturated carbocycles. The molecule has 0 aromatic heterocycles. The second-order valence-corrected chi connectivity index (χ2v) is 5.31. The van der Waals surface area contributed by atoms with Crippen molar-refractivity contribution in [1.82, 2.24) is 5.32 Å². The van der Waals surface area contributed by atoms with Crippen molar-refractivity contribution in [1.29, 1.82) is 0 Å².